The van der Waals surface area contributed by atoms with E-state index < -0.39 is 5.79 Å². The Morgan fingerprint density at radius 1 is 1.10 bits per heavy atom. The first-order valence-electron chi connectivity index (χ1n) is 7.55. The second-order valence-corrected chi connectivity index (χ2v) is 6.47. The topological polar surface area (TPSA) is 35.5 Å². The summed E-state index contributed by atoms with van der Waals surface area (Å²) in [5.41, 5.74) is 3.76. The van der Waals surface area contributed by atoms with Crippen molar-refractivity contribution in [3.8, 4) is 0 Å². The zero-order chi connectivity index (χ0) is 13.8. The van der Waals surface area contributed by atoms with Crippen molar-refractivity contribution in [3.05, 3.63) is 34.9 Å². The highest BCUT2D eigenvalue weighted by atomic mass is 16.7. The molecule has 1 saturated carbocycles. The van der Waals surface area contributed by atoms with Crippen molar-refractivity contribution in [1.82, 2.24) is 0 Å². The maximum Gasteiger partial charge on any atom is 0.201 e. The van der Waals surface area contributed by atoms with Gasteiger partial charge in [0.15, 0.2) is 0 Å². The Labute approximate surface area is 119 Å². The first kappa shape index (κ1) is 12.5. The van der Waals surface area contributed by atoms with Gasteiger partial charge in [-0.25, -0.2) is 0 Å². The molecule has 0 radical (unpaired) electrons. The third-order valence-corrected chi connectivity index (χ3v) is 5.31. The van der Waals surface area contributed by atoms with Crippen LogP contribution in [0.4, 0.5) is 0 Å². The van der Waals surface area contributed by atoms with Crippen LogP contribution < -0.4 is 0 Å². The van der Waals surface area contributed by atoms with E-state index in [2.05, 4.69) is 25.1 Å². The average Bonchev–Trinajstić information content (AvgIpc) is 3.02. The first-order chi connectivity index (χ1) is 9.65. The normalized spacial score (nSPS) is 26.4. The van der Waals surface area contributed by atoms with Crippen molar-refractivity contribution < 1.29 is 14.3 Å². The molecule has 2 aliphatic carbocycles. The van der Waals surface area contributed by atoms with Gasteiger partial charge in [0, 0.05) is 23.8 Å². The third kappa shape index (κ3) is 1.51. The van der Waals surface area contributed by atoms with E-state index in [9.17, 15) is 4.79 Å². The monoisotopic (exact) mass is 272 g/mol. The summed E-state index contributed by atoms with van der Waals surface area (Å²) in [4.78, 5) is 11.7. The molecule has 1 aromatic carbocycles. The van der Waals surface area contributed by atoms with E-state index in [1.54, 1.807) is 0 Å². The molecule has 3 nitrogen and oxygen atoms in total. The molecule has 1 aromatic rings. The van der Waals surface area contributed by atoms with Gasteiger partial charge in [0.05, 0.1) is 13.2 Å². The summed E-state index contributed by atoms with van der Waals surface area (Å²) in [6, 6.07) is 6.59. The van der Waals surface area contributed by atoms with Gasteiger partial charge in [-0.2, -0.15) is 0 Å². The Kier molecular flexibility index (Phi) is 2.60. The van der Waals surface area contributed by atoms with Gasteiger partial charge in [-0.15, -0.1) is 0 Å². The summed E-state index contributed by atoms with van der Waals surface area (Å²) in [6.07, 6.45) is 4.10. The summed E-state index contributed by atoms with van der Waals surface area (Å²) < 4.78 is 12.4. The minimum atomic E-state index is -0.588. The molecule has 0 atom stereocenters. The van der Waals surface area contributed by atoms with Gasteiger partial charge < -0.3 is 9.47 Å². The lowest BCUT2D eigenvalue weighted by Gasteiger charge is -2.44. The largest absolute Gasteiger partial charge is 0.343 e. The Hall–Kier alpha value is -1.19. The number of ketones is 1. The van der Waals surface area contributed by atoms with Gasteiger partial charge in [-0.1, -0.05) is 23.8 Å². The van der Waals surface area contributed by atoms with Crippen LogP contribution in [0.2, 0.25) is 0 Å². The van der Waals surface area contributed by atoms with Crippen LogP contribution in [0.5, 0.6) is 0 Å². The quantitative estimate of drug-likeness (QED) is 0.728. The molecule has 1 saturated heterocycles. The Morgan fingerprint density at radius 2 is 1.80 bits per heavy atom. The molecule has 1 aliphatic heterocycles. The molecule has 0 bridgehead atoms. The molecule has 0 amide bonds. The predicted octanol–water partition coefficient (Wildman–Crippen LogP) is 2.88. The van der Waals surface area contributed by atoms with Gasteiger partial charge in [0.25, 0.3) is 0 Å². The molecule has 3 heteroatoms. The number of hydrogen-bond donors (Lipinski definition) is 0. The van der Waals surface area contributed by atoms with E-state index in [0.717, 1.165) is 19.3 Å². The summed E-state index contributed by atoms with van der Waals surface area (Å²) in [6.45, 7) is 3.42. The second-order valence-electron chi connectivity index (χ2n) is 6.47. The van der Waals surface area contributed by atoms with Gasteiger partial charge in [-0.3, -0.25) is 4.79 Å². The lowest BCUT2D eigenvalue weighted by atomic mass is 9.68. The van der Waals surface area contributed by atoms with E-state index >= 15 is 0 Å². The summed E-state index contributed by atoms with van der Waals surface area (Å²) in [7, 11) is 0. The zero-order valence-corrected chi connectivity index (χ0v) is 11.9. The average molecular weight is 272 g/mol. The number of carbonyl (C=O) groups excluding carboxylic acids is 1. The number of benzene rings is 1. The molecular weight excluding hydrogens is 252 g/mol. The lowest BCUT2D eigenvalue weighted by molar-refractivity contribution is -0.246. The maximum absolute atomic E-state index is 11.7. The molecule has 0 unspecified atom stereocenters. The summed E-state index contributed by atoms with van der Waals surface area (Å²) in [5, 5.41) is 0. The third-order valence-electron chi connectivity index (χ3n) is 5.31. The van der Waals surface area contributed by atoms with Crippen LogP contribution in [0.15, 0.2) is 18.2 Å². The summed E-state index contributed by atoms with van der Waals surface area (Å²) >= 11 is 0. The molecule has 106 valence electrons. The van der Waals surface area contributed by atoms with Gasteiger partial charge in [0.2, 0.25) is 5.79 Å². The van der Waals surface area contributed by atoms with Crippen molar-refractivity contribution in [1.29, 1.82) is 0 Å². The van der Waals surface area contributed by atoms with E-state index in [4.69, 9.17) is 9.47 Å². The fourth-order valence-electron chi connectivity index (χ4n) is 4.30. The number of hydrogen-bond acceptors (Lipinski definition) is 3. The zero-order valence-electron chi connectivity index (χ0n) is 11.9. The summed E-state index contributed by atoms with van der Waals surface area (Å²) in [5.74, 6) is -0.203. The minimum Gasteiger partial charge on any atom is -0.343 e. The van der Waals surface area contributed by atoms with Crippen LogP contribution in [0, 0.1) is 12.3 Å². The highest BCUT2D eigenvalue weighted by Crippen LogP contribution is 2.60. The van der Waals surface area contributed by atoms with E-state index in [0.29, 0.717) is 31.8 Å². The number of fused-ring (bicyclic) bond motifs is 3. The van der Waals surface area contributed by atoms with E-state index in [1.165, 1.54) is 16.7 Å². The number of carbonyl (C=O) groups is 1. The van der Waals surface area contributed by atoms with Gasteiger partial charge in [0.1, 0.15) is 5.78 Å². The van der Waals surface area contributed by atoms with Crippen molar-refractivity contribution >= 4 is 5.78 Å². The number of ether oxygens (including phenoxy) is 2. The van der Waals surface area contributed by atoms with Crippen molar-refractivity contribution in [3.63, 3.8) is 0 Å². The second kappa shape index (κ2) is 4.15. The highest BCUT2D eigenvalue weighted by Gasteiger charge is 2.62. The fraction of sp³-hybridized carbons (Fsp3) is 0.588. The maximum atomic E-state index is 11.7. The molecule has 3 aliphatic rings. The fourth-order valence-corrected chi connectivity index (χ4v) is 4.30. The molecule has 0 aromatic heterocycles. The van der Waals surface area contributed by atoms with Crippen LogP contribution in [0.3, 0.4) is 0 Å². The van der Waals surface area contributed by atoms with E-state index in [-0.39, 0.29) is 5.41 Å². The van der Waals surface area contributed by atoms with Crippen LogP contribution in [-0.2, 0) is 26.5 Å². The predicted molar refractivity (Wildman–Crippen MR) is 74.4 cm³/mol. The first-order valence-corrected chi connectivity index (χ1v) is 7.55. The smallest absolute Gasteiger partial charge is 0.201 e. The van der Waals surface area contributed by atoms with Crippen LogP contribution in [0.25, 0.3) is 0 Å². The van der Waals surface area contributed by atoms with Gasteiger partial charge >= 0.3 is 0 Å². The molecule has 4 rings (SSSR count). The standard InChI is InChI=1S/C17H20O3/c1-12-2-3-13-11-16(6-4-14(18)5-7-16)17(15(13)10-12)19-8-9-20-17/h2-3,10H,4-9,11H2,1H3. The van der Waals surface area contributed by atoms with Crippen LogP contribution in [-0.4, -0.2) is 19.0 Å². The van der Waals surface area contributed by atoms with Crippen molar-refractivity contribution in [2.75, 3.05) is 13.2 Å². The Bertz CT molecular complexity index is 560. The molecule has 1 heterocycles. The molecule has 2 spiro atoms. The Balaban J connectivity index is 1.84. The minimum absolute atomic E-state index is 0.0342. The molecule has 20 heavy (non-hydrogen) atoms. The SMILES string of the molecule is Cc1ccc2c(c1)C1(OCCO1)C1(CCC(=O)CC1)C2. The number of Topliss-reactive ketones (excluding diaryl/α,β-unsaturated/α-hetero) is 1. The van der Waals surface area contributed by atoms with Gasteiger partial charge in [-0.05, 0) is 31.7 Å². The van der Waals surface area contributed by atoms with E-state index in [1.807, 2.05) is 0 Å². The molecule has 0 N–H and O–H groups in total. The highest BCUT2D eigenvalue weighted by molar-refractivity contribution is 5.79. The number of rotatable bonds is 0. The molecular formula is C17H20O3. The van der Waals surface area contributed by atoms with Crippen molar-refractivity contribution in [2.24, 2.45) is 5.41 Å². The van der Waals surface area contributed by atoms with Crippen molar-refractivity contribution in [2.45, 2.75) is 44.8 Å². The lowest BCUT2D eigenvalue weighted by Crippen LogP contribution is -2.46. The van der Waals surface area contributed by atoms with Crippen LogP contribution >= 0.6 is 0 Å². The Morgan fingerprint density at radius 3 is 2.50 bits per heavy atom. The number of aryl methyl sites for hydroxylation is 1. The molecule has 2 fully saturated rings. The van der Waals surface area contributed by atoms with Crippen LogP contribution in [0.1, 0.15) is 42.4 Å².